The Hall–Kier alpha value is -1.71. The maximum atomic E-state index is 12.8. The third-order valence-corrected chi connectivity index (χ3v) is 7.01. The SMILES string of the molecule is CCCCCC[C@@H]1CCCCCCCCCCC(=O)O[C@H]2[C@H](O1)O[C@H](CO)[C@@H](OC(C)=O)[C@@H]2OC(C)=O. The zero-order chi connectivity index (χ0) is 27.0. The summed E-state index contributed by atoms with van der Waals surface area (Å²) in [5, 5.41) is 10.0. The van der Waals surface area contributed by atoms with Crippen molar-refractivity contribution in [3.05, 3.63) is 0 Å². The number of rotatable bonds is 8. The number of esters is 3. The summed E-state index contributed by atoms with van der Waals surface area (Å²) in [4.78, 5) is 36.7. The normalized spacial score (nSPS) is 30.5. The monoisotopic (exact) mass is 528 g/mol. The van der Waals surface area contributed by atoms with Gasteiger partial charge in [0.2, 0.25) is 0 Å². The van der Waals surface area contributed by atoms with Crippen LogP contribution in [0.5, 0.6) is 0 Å². The van der Waals surface area contributed by atoms with E-state index in [1.54, 1.807) is 0 Å². The zero-order valence-corrected chi connectivity index (χ0v) is 23.0. The topological polar surface area (TPSA) is 118 Å². The molecule has 0 aliphatic carbocycles. The molecule has 0 amide bonds. The molecule has 6 atom stereocenters. The lowest BCUT2D eigenvalue weighted by molar-refractivity contribution is -0.317. The minimum Gasteiger partial charge on any atom is -0.456 e. The second kappa shape index (κ2) is 17.7. The van der Waals surface area contributed by atoms with E-state index in [1.807, 2.05) is 0 Å². The van der Waals surface area contributed by atoms with E-state index in [2.05, 4.69) is 6.92 Å². The molecule has 0 aromatic rings. The molecule has 2 rings (SSSR count). The Balaban J connectivity index is 2.33. The fourth-order valence-corrected chi connectivity index (χ4v) is 5.10. The van der Waals surface area contributed by atoms with Crippen molar-refractivity contribution in [3.63, 3.8) is 0 Å². The van der Waals surface area contributed by atoms with Crippen molar-refractivity contribution in [1.82, 2.24) is 0 Å². The predicted molar refractivity (Wildman–Crippen MR) is 137 cm³/mol. The standard InChI is InChI=1S/C28H48O9/c1-4-5-6-13-16-22-17-14-11-9-7-8-10-12-15-18-24(32)37-27-26(34-21(3)31)25(33-20(2)30)23(19-29)36-28(27)35-22/h22-23,25-29H,4-19H2,1-3H3/t22-,23-,25-,26+,27-,28-/m1/s1. The quantitative estimate of drug-likeness (QED) is 0.270. The lowest BCUT2D eigenvalue weighted by Crippen LogP contribution is -2.63. The molecule has 214 valence electrons. The highest BCUT2D eigenvalue weighted by molar-refractivity contribution is 5.70. The second-order valence-corrected chi connectivity index (χ2v) is 10.3. The molecule has 0 aromatic heterocycles. The summed E-state index contributed by atoms with van der Waals surface area (Å²) in [6, 6.07) is 0. The molecule has 2 aliphatic heterocycles. The van der Waals surface area contributed by atoms with Crippen LogP contribution in [0.15, 0.2) is 0 Å². The molecule has 2 saturated heterocycles. The molecule has 0 aromatic carbocycles. The Labute approximate surface area is 221 Å². The molecule has 0 spiro atoms. The van der Waals surface area contributed by atoms with Gasteiger partial charge in [-0.25, -0.2) is 0 Å². The maximum Gasteiger partial charge on any atom is 0.306 e. The number of aliphatic hydroxyl groups excluding tert-OH is 1. The summed E-state index contributed by atoms with van der Waals surface area (Å²) in [6.07, 6.45) is 9.02. The molecular weight excluding hydrogens is 480 g/mol. The number of carbonyl (C=O) groups is 3. The summed E-state index contributed by atoms with van der Waals surface area (Å²) in [5.41, 5.74) is 0. The fourth-order valence-electron chi connectivity index (χ4n) is 5.10. The number of aliphatic hydroxyl groups is 1. The highest BCUT2D eigenvalue weighted by Gasteiger charge is 2.52. The minimum absolute atomic E-state index is 0.140. The Morgan fingerprint density at radius 3 is 2.11 bits per heavy atom. The molecule has 2 fully saturated rings. The number of fused-ring (bicyclic) bond motifs is 1. The van der Waals surface area contributed by atoms with Gasteiger partial charge < -0.3 is 28.8 Å². The van der Waals surface area contributed by atoms with E-state index in [-0.39, 0.29) is 12.5 Å². The van der Waals surface area contributed by atoms with E-state index < -0.39 is 55.2 Å². The third kappa shape index (κ3) is 11.7. The van der Waals surface area contributed by atoms with E-state index in [1.165, 1.54) is 26.7 Å². The highest BCUT2D eigenvalue weighted by Crippen LogP contribution is 2.32. The molecular formula is C28H48O9. The van der Waals surface area contributed by atoms with Crippen molar-refractivity contribution in [2.24, 2.45) is 0 Å². The van der Waals surface area contributed by atoms with Gasteiger partial charge in [-0.3, -0.25) is 14.4 Å². The zero-order valence-electron chi connectivity index (χ0n) is 23.0. The molecule has 0 radical (unpaired) electrons. The first-order valence-corrected chi connectivity index (χ1v) is 14.3. The van der Waals surface area contributed by atoms with Crippen LogP contribution in [0.3, 0.4) is 0 Å². The molecule has 1 N–H and O–H groups in total. The summed E-state index contributed by atoms with van der Waals surface area (Å²) >= 11 is 0. The first-order chi connectivity index (χ1) is 17.8. The van der Waals surface area contributed by atoms with Gasteiger partial charge in [0.25, 0.3) is 0 Å². The fraction of sp³-hybridized carbons (Fsp3) is 0.893. The number of hydrogen-bond donors (Lipinski definition) is 1. The van der Waals surface area contributed by atoms with Crippen molar-refractivity contribution < 1.29 is 43.2 Å². The van der Waals surface area contributed by atoms with Crippen molar-refractivity contribution in [2.75, 3.05) is 6.61 Å². The van der Waals surface area contributed by atoms with Gasteiger partial charge in [-0.2, -0.15) is 0 Å². The van der Waals surface area contributed by atoms with Crippen molar-refractivity contribution >= 4 is 17.9 Å². The van der Waals surface area contributed by atoms with Gasteiger partial charge in [0.15, 0.2) is 24.6 Å². The van der Waals surface area contributed by atoms with Gasteiger partial charge in [-0.15, -0.1) is 0 Å². The largest absolute Gasteiger partial charge is 0.456 e. The summed E-state index contributed by atoms with van der Waals surface area (Å²) < 4.78 is 29.3. The van der Waals surface area contributed by atoms with Gasteiger partial charge in [0.05, 0.1) is 12.7 Å². The molecule has 9 heteroatoms. The Morgan fingerprint density at radius 2 is 1.49 bits per heavy atom. The second-order valence-electron chi connectivity index (χ2n) is 10.3. The van der Waals surface area contributed by atoms with Crippen LogP contribution in [-0.2, 0) is 38.1 Å². The molecule has 2 aliphatic rings. The van der Waals surface area contributed by atoms with E-state index in [9.17, 15) is 19.5 Å². The molecule has 2 heterocycles. The number of hydrogen-bond acceptors (Lipinski definition) is 9. The van der Waals surface area contributed by atoms with E-state index in [0.29, 0.717) is 6.42 Å². The first kappa shape index (κ1) is 31.5. The summed E-state index contributed by atoms with van der Waals surface area (Å²) in [5.74, 6) is -1.70. The first-order valence-electron chi connectivity index (χ1n) is 14.3. The van der Waals surface area contributed by atoms with E-state index in [4.69, 9.17) is 23.7 Å². The van der Waals surface area contributed by atoms with Crippen LogP contribution in [0, 0.1) is 0 Å². The van der Waals surface area contributed by atoms with Crippen LogP contribution in [0.1, 0.15) is 117 Å². The Kier molecular flexibility index (Phi) is 15.1. The number of unbranched alkanes of at least 4 members (excludes halogenated alkanes) is 3. The lowest BCUT2D eigenvalue weighted by Gasteiger charge is -2.44. The molecule has 0 saturated carbocycles. The average molecular weight is 529 g/mol. The minimum atomic E-state index is -1.17. The van der Waals surface area contributed by atoms with Crippen LogP contribution >= 0.6 is 0 Å². The van der Waals surface area contributed by atoms with Gasteiger partial charge in [-0.1, -0.05) is 77.6 Å². The molecule has 37 heavy (non-hydrogen) atoms. The van der Waals surface area contributed by atoms with Crippen LogP contribution in [0.25, 0.3) is 0 Å². The van der Waals surface area contributed by atoms with Crippen molar-refractivity contribution in [1.29, 1.82) is 0 Å². The number of ether oxygens (including phenoxy) is 5. The van der Waals surface area contributed by atoms with Crippen LogP contribution in [0.4, 0.5) is 0 Å². The smallest absolute Gasteiger partial charge is 0.306 e. The van der Waals surface area contributed by atoms with Gasteiger partial charge >= 0.3 is 17.9 Å². The van der Waals surface area contributed by atoms with Crippen LogP contribution in [-0.4, -0.2) is 66.4 Å². The molecule has 9 nitrogen and oxygen atoms in total. The third-order valence-electron chi connectivity index (χ3n) is 7.01. The predicted octanol–water partition coefficient (Wildman–Crippen LogP) is 4.75. The summed E-state index contributed by atoms with van der Waals surface area (Å²) in [7, 11) is 0. The van der Waals surface area contributed by atoms with Crippen LogP contribution in [0.2, 0.25) is 0 Å². The van der Waals surface area contributed by atoms with E-state index in [0.717, 1.165) is 70.6 Å². The van der Waals surface area contributed by atoms with Gasteiger partial charge in [-0.05, 0) is 19.3 Å². The van der Waals surface area contributed by atoms with Crippen molar-refractivity contribution in [3.8, 4) is 0 Å². The summed E-state index contributed by atoms with van der Waals surface area (Å²) in [6.45, 7) is 4.13. The van der Waals surface area contributed by atoms with Gasteiger partial charge in [0, 0.05) is 20.3 Å². The Morgan fingerprint density at radius 1 is 0.865 bits per heavy atom. The molecule has 0 bridgehead atoms. The van der Waals surface area contributed by atoms with Gasteiger partial charge in [0.1, 0.15) is 6.10 Å². The maximum absolute atomic E-state index is 12.8. The van der Waals surface area contributed by atoms with Crippen molar-refractivity contribution in [2.45, 2.75) is 154 Å². The highest BCUT2D eigenvalue weighted by atomic mass is 16.7. The lowest BCUT2D eigenvalue weighted by atomic mass is 9.97. The van der Waals surface area contributed by atoms with E-state index >= 15 is 0 Å². The number of carbonyl (C=O) groups excluding carboxylic acids is 3. The Bertz CT molecular complexity index is 683. The average Bonchev–Trinajstić information content (AvgIpc) is 2.84. The van der Waals surface area contributed by atoms with Crippen LogP contribution < -0.4 is 0 Å². The molecule has 0 unspecified atom stereocenters.